The van der Waals surface area contributed by atoms with Gasteiger partial charge in [-0.25, -0.2) is 4.57 Å². The molecule has 0 bridgehead atoms. The van der Waals surface area contributed by atoms with E-state index in [2.05, 4.69) is 81.5 Å². The zero-order chi connectivity index (χ0) is 51.3. The summed E-state index contributed by atoms with van der Waals surface area (Å²) in [5.41, 5.74) is 0. The fourth-order valence-corrected chi connectivity index (χ4v) is 8.32. The molecular weight excluding hydrogens is 904 g/mol. The van der Waals surface area contributed by atoms with Crippen LogP contribution in [0.25, 0.3) is 0 Å². The Morgan fingerprint density at radius 2 is 0.729 bits per heavy atom. The van der Waals surface area contributed by atoms with E-state index < -0.39 is 57.8 Å². The number of ether oxygens (including phenoxy) is 3. The van der Waals surface area contributed by atoms with Gasteiger partial charge < -0.3 is 24.2 Å². The van der Waals surface area contributed by atoms with Gasteiger partial charge in [0.05, 0.1) is 19.8 Å². The van der Waals surface area contributed by atoms with Gasteiger partial charge in [0.15, 0.2) is 6.10 Å². The van der Waals surface area contributed by atoms with E-state index in [4.69, 9.17) is 23.3 Å². The maximum atomic E-state index is 12.9. The molecule has 0 aromatic heterocycles. The van der Waals surface area contributed by atoms with Gasteiger partial charge in [-0.15, -0.1) is 0 Å². The maximum Gasteiger partial charge on any atom is 0.472 e. The molecule has 0 aromatic carbocycles. The van der Waals surface area contributed by atoms with Gasteiger partial charge in [-0.2, -0.15) is 0 Å². The molecule has 0 aliphatic heterocycles. The highest BCUT2D eigenvalue weighted by Crippen LogP contribution is 2.43. The molecule has 12 heteroatoms. The monoisotopic (exact) mass is 1010 g/mol. The standard InChI is InChI=1S/C58H103O11P/c1-4-7-10-13-16-19-22-25-26-27-28-31-32-35-38-41-44-47-56(60)65-51-55(69-58(62)49-46-43-40-37-34-30-24-21-18-15-12-9-6-3)53-67-70(63,64)66-52-54(50-59)68-57(61)48-45-42-39-36-33-29-23-20-17-14-11-8-5-2/h12,15-16,19-21,23-26,54-55,59H,4-11,13-14,17-18,22,27-53H2,1-3H3,(H,63,64)/b15-12-,19-16-,23-20-,24-21-,26-25-. The molecular formula is C58H103O11P. The summed E-state index contributed by atoms with van der Waals surface area (Å²) in [5, 5.41) is 9.79. The second-order valence-electron chi connectivity index (χ2n) is 18.7. The average Bonchev–Trinajstić information content (AvgIpc) is 3.35. The normalized spacial score (nSPS) is 13.8. The molecule has 70 heavy (non-hydrogen) atoms. The minimum atomic E-state index is -4.75. The highest BCUT2D eigenvalue weighted by Gasteiger charge is 2.28. The van der Waals surface area contributed by atoms with Crippen molar-refractivity contribution in [3.05, 3.63) is 60.8 Å². The van der Waals surface area contributed by atoms with Gasteiger partial charge in [-0.1, -0.05) is 191 Å². The van der Waals surface area contributed by atoms with Crippen LogP contribution in [0.15, 0.2) is 60.8 Å². The third-order valence-electron chi connectivity index (χ3n) is 11.9. The zero-order valence-electron chi connectivity index (χ0n) is 44.7. The van der Waals surface area contributed by atoms with Crippen molar-refractivity contribution in [2.75, 3.05) is 26.4 Å². The van der Waals surface area contributed by atoms with Crippen molar-refractivity contribution < 1.29 is 52.2 Å². The lowest BCUT2D eigenvalue weighted by molar-refractivity contribution is -0.161. The first-order chi connectivity index (χ1) is 34.2. The predicted molar refractivity (Wildman–Crippen MR) is 288 cm³/mol. The van der Waals surface area contributed by atoms with Crippen molar-refractivity contribution in [3.8, 4) is 0 Å². The molecule has 0 amide bonds. The molecule has 0 fully saturated rings. The Morgan fingerprint density at radius 1 is 0.400 bits per heavy atom. The van der Waals surface area contributed by atoms with Crippen LogP contribution in [0, 0.1) is 0 Å². The van der Waals surface area contributed by atoms with Crippen LogP contribution in [0.4, 0.5) is 0 Å². The number of phosphoric ester groups is 1. The number of hydrogen-bond donors (Lipinski definition) is 2. The van der Waals surface area contributed by atoms with E-state index in [0.29, 0.717) is 19.3 Å². The Balaban J connectivity index is 4.74. The van der Waals surface area contributed by atoms with E-state index in [9.17, 15) is 28.9 Å². The molecule has 0 spiro atoms. The number of carbonyl (C=O) groups excluding carboxylic acids is 3. The van der Waals surface area contributed by atoms with Crippen LogP contribution in [-0.4, -0.2) is 66.5 Å². The van der Waals surface area contributed by atoms with E-state index in [1.165, 1.54) is 70.6 Å². The Morgan fingerprint density at radius 3 is 1.16 bits per heavy atom. The fraction of sp³-hybridized carbons (Fsp3) is 0.776. The van der Waals surface area contributed by atoms with Crippen molar-refractivity contribution in [1.82, 2.24) is 0 Å². The number of esters is 3. The summed E-state index contributed by atoms with van der Waals surface area (Å²) >= 11 is 0. The van der Waals surface area contributed by atoms with Crippen LogP contribution >= 0.6 is 7.82 Å². The SMILES string of the molecule is CCC/C=C\C/C=C\CCCCCCCC(=O)OC(COC(=O)CCCCCCCCC/C=C\C/C=C\CCCCC)COP(=O)(O)OCC(CO)OC(=O)CCCCCCC/C=C\CCCCCC. The summed E-state index contributed by atoms with van der Waals surface area (Å²) < 4.78 is 39.4. The van der Waals surface area contributed by atoms with Crippen molar-refractivity contribution in [2.45, 2.75) is 264 Å². The first kappa shape index (κ1) is 67.2. The molecule has 406 valence electrons. The molecule has 0 radical (unpaired) electrons. The number of allylic oxidation sites excluding steroid dienone is 10. The number of rotatable bonds is 52. The van der Waals surface area contributed by atoms with Gasteiger partial charge in [-0.3, -0.25) is 23.4 Å². The zero-order valence-corrected chi connectivity index (χ0v) is 45.6. The van der Waals surface area contributed by atoms with Gasteiger partial charge in [0.2, 0.25) is 0 Å². The van der Waals surface area contributed by atoms with Gasteiger partial charge in [0.25, 0.3) is 0 Å². The molecule has 3 unspecified atom stereocenters. The molecule has 3 atom stereocenters. The summed E-state index contributed by atoms with van der Waals surface area (Å²) in [5.74, 6) is -1.49. The van der Waals surface area contributed by atoms with E-state index in [0.717, 1.165) is 122 Å². The van der Waals surface area contributed by atoms with Gasteiger partial charge in [-0.05, 0) is 103 Å². The van der Waals surface area contributed by atoms with Crippen LogP contribution < -0.4 is 0 Å². The first-order valence-electron chi connectivity index (χ1n) is 28.2. The lowest BCUT2D eigenvalue weighted by Crippen LogP contribution is -2.30. The minimum absolute atomic E-state index is 0.149. The largest absolute Gasteiger partial charge is 0.472 e. The lowest BCUT2D eigenvalue weighted by Gasteiger charge is -2.21. The molecule has 0 saturated heterocycles. The van der Waals surface area contributed by atoms with Gasteiger partial charge in [0.1, 0.15) is 12.7 Å². The number of unbranched alkanes of at least 4 members (excludes halogenated alkanes) is 25. The van der Waals surface area contributed by atoms with Crippen molar-refractivity contribution in [1.29, 1.82) is 0 Å². The van der Waals surface area contributed by atoms with Crippen LogP contribution in [0.3, 0.4) is 0 Å². The molecule has 0 saturated carbocycles. The van der Waals surface area contributed by atoms with Gasteiger partial charge >= 0.3 is 25.7 Å². The van der Waals surface area contributed by atoms with Crippen LogP contribution in [0.1, 0.15) is 252 Å². The third kappa shape index (κ3) is 50.1. The summed E-state index contributed by atoms with van der Waals surface area (Å²) in [7, 11) is -4.75. The summed E-state index contributed by atoms with van der Waals surface area (Å²) in [4.78, 5) is 48.4. The highest BCUT2D eigenvalue weighted by molar-refractivity contribution is 7.47. The minimum Gasteiger partial charge on any atom is -0.462 e. The van der Waals surface area contributed by atoms with Crippen LogP contribution in [-0.2, 0) is 42.2 Å². The predicted octanol–water partition coefficient (Wildman–Crippen LogP) is 16.4. The van der Waals surface area contributed by atoms with E-state index in [1.54, 1.807) is 0 Å². The number of carbonyl (C=O) groups is 3. The van der Waals surface area contributed by atoms with Crippen LogP contribution in [0.5, 0.6) is 0 Å². The summed E-state index contributed by atoms with van der Waals surface area (Å²) in [6, 6.07) is 0. The second kappa shape index (κ2) is 52.5. The van der Waals surface area contributed by atoms with Crippen molar-refractivity contribution in [2.24, 2.45) is 0 Å². The number of aliphatic hydroxyl groups is 1. The Labute approximate surface area is 427 Å². The summed E-state index contributed by atoms with van der Waals surface area (Å²) in [6.45, 7) is 4.51. The topological polar surface area (TPSA) is 155 Å². The Hall–Kier alpha value is -2.82. The van der Waals surface area contributed by atoms with Crippen molar-refractivity contribution in [3.63, 3.8) is 0 Å². The number of aliphatic hydroxyl groups excluding tert-OH is 1. The van der Waals surface area contributed by atoms with E-state index in [1.807, 2.05) is 0 Å². The van der Waals surface area contributed by atoms with Crippen LogP contribution in [0.2, 0.25) is 0 Å². The molecule has 0 rings (SSSR count). The Kier molecular flexibility index (Phi) is 50.4. The highest BCUT2D eigenvalue weighted by atomic mass is 31.2. The van der Waals surface area contributed by atoms with Crippen molar-refractivity contribution >= 4 is 25.7 Å². The van der Waals surface area contributed by atoms with Gasteiger partial charge in [0, 0.05) is 19.3 Å². The fourth-order valence-electron chi connectivity index (χ4n) is 7.54. The number of phosphoric acid groups is 1. The maximum absolute atomic E-state index is 12.9. The molecule has 0 aliphatic rings. The van der Waals surface area contributed by atoms with E-state index >= 15 is 0 Å². The molecule has 0 aromatic rings. The molecule has 0 aliphatic carbocycles. The summed E-state index contributed by atoms with van der Waals surface area (Å²) in [6.07, 6.45) is 56.0. The van der Waals surface area contributed by atoms with E-state index in [-0.39, 0.29) is 25.9 Å². The number of hydrogen-bond acceptors (Lipinski definition) is 10. The lowest BCUT2D eigenvalue weighted by atomic mass is 10.1. The first-order valence-corrected chi connectivity index (χ1v) is 29.7. The Bertz CT molecular complexity index is 1410. The average molecular weight is 1010 g/mol. The molecule has 2 N–H and O–H groups in total. The molecule has 0 heterocycles. The second-order valence-corrected chi connectivity index (χ2v) is 20.2. The third-order valence-corrected chi connectivity index (χ3v) is 12.8. The molecule has 11 nitrogen and oxygen atoms in total. The quantitative estimate of drug-likeness (QED) is 0.0197. The smallest absolute Gasteiger partial charge is 0.462 e.